The summed E-state index contributed by atoms with van der Waals surface area (Å²) in [5, 5.41) is 1.13. The van der Waals surface area contributed by atoms with E-state index < -0.39 is 0 Å². The molecule has 0 bridgehead atoms. The second-order valence-corrected chi connectivity index (χ2v) is 5.20. The minimum atomic E-state index is -0.122. The van der Waals surface area contributed by atoms with Crippen LogP contribution in [0.1, 0.15) is 28.4 Å². The second-order valence-electron chi connectivity index (χ2n) is 5.20. The van der Waals surface area contributed by atoms with Gasteiger partial charge in [0.05, 0.1) is 11.6 Å². The quantitative estimate of drug-likeness (QED) is 0.760. The van der Waals surface area contributed by atoms with Gasteiger partial charge in [0.15, 0.2) is 0 Å². The van der Waals surface area contributed by atoms with Gasteiger partial charge in [0.2, 0.25) is 0 Å². The fourth-order valence-corrected chi connectivity index (χ4v) is 2.70. The second kappa shape index (κ2) is 5.06. The van der Waals surface area contributed by atoms with Crippen molar-refractivity contribution in [3.63, 3.8) is 0 Å². The molecule has 0 amide bonds. The van der Waals surface area contributed by atoms with Crippen molar-refractivity contribution in [2.24, 2.45) is 5.73 Å². The smallest absolute Gasteiger partial charge is 0.0708 e. The molecule has 0 aliphatic carbocycles. The summed E-state index contributed by atoms with van der Waals surface area (Å²) in [6.07, 6.45) is 0. The van der Waals surface area contributed by atoms with Crippen molar-refractivity contribution in [3.05, 3.63) is 77.0 Å². The zero-order valence-corrected chi connectivity index (χ0v) is 11.8. The molecule has 0 spiro atoms. The summed E-state index contributed by atoms with van der Waals surface area (Å²) in [4.78, 5) is 4.58. The molecule has 1 heterocycles. The maximum atomic E-state index is 6.52. The van der Waals surface area contributed by atoms with Crippen molar-refractivity contribution >= 4 is 10.9 Å². The van der Waals surface area contributed by atoms with Gasteiger partial charge >= 0.3 is 0 Å². The predicted molar refractivity (Wildman–Crippen MR) is 83.7 cm³/mol. The van der Waals surface area contributed by atoms with E-state index in [-0.39, 0.29) is 6.04 Å². The van der Waals surface area contributed by atoms with Crippen molar-refractivity contribution in [1.82, 2.24) is 4.98 Å². The SMILES string of the molecule is Cc1cc(C(N)c2ccccc2C)c2ccccc2n1. The number of aryl methyl sites for hydroxylation is 2. The molecule has 0 saturated heterocycles. The molecule has 1 atom stereocenters. The zero-order chi connectivity index (χ0) is 14.1. The lowest BCUT2D eigenvalue weighted by molar-refractivity contribution is 0.866. The van der Waals surface area contributed by atoms with E-state index in [1.165, 1.54) is 11.1 Å². The molecule has 0 aliphatic heterocycles. The molecule has 1 aromatic heterocycles. The van der Waals surface area contributed by atoms with E-state index >= 15 is 0 Å². The van der Waals surface area contributed by atoms with Crippen LogP contribution in [-0.2, 0) is 0 Å². The molecular weight excluding hydrogens is 244 g/mol. The number of para-hydroxylation sites is 1. The van der Waals surface area contributed by atoms with Crippen molar-refractivity contribution in [3.8, 4) is 0 Å². The lowest BCUT2D eigenvalue weighted by Crippen LogP contribution is -2.14. The number of benzene rings is 2. The lowest BCUT2D eigenvalue weighted by Gasteiger charge is -2.17. The van der Waals surface area contributed by atoms with Gasteiger partial charge in [0, 0.05) is 11.1 Å². The number of rotatable bonds is 2. The molecule has 1 unspecified atom stereocenters. The van der Waals surface area contributed by atoms with Crippen LogP contribution in [0.3, 0.4) is 0 Å². The first-order valence-corrected chi connectivity index (χ1v) is 6.84. The lowest BCUT2D eigenvalue weighted by atomic mass is 9.93. The van der Waals surface area contributed by atoms with Crippen molar-refractivity contribution in [1.29, 1.82) is 0 Å². The molecule has 100 valence electrons. The summed E-state index contributed by atoms with van der Waals surface area (Å²) in [6.45, 7) is 4.12. The molecule has 2 nitrogen and oxygen atoms in total. The minimum Gasteiger partial charge on any atom is -0.320 e. The maximum absolute atomic E-state index is 6.52. The van der Waals surface area contributed by atoms with Crippen molar-refractivity contribution < 1.29 is 0 Å². The third kappa shape index (κ3) is 2.19. The van der Waals surface area contributed by atoms with E-state index in [0.717, 1.165) is 22.2 Å². The van der Waals surface area contributed by atoms with E-state index in [4.69, 9.17) is 5.73 Å². The van der Waals surface area contributed by atoms with E-state index in [0.29, 0.717) is 0 Å². The van der Waals surface area contributed by atoms with Gasteiger partial charge in [0.25, 0.3) is 0 Å². The minimum absolute atomic E-state index is 0.122. The Morgan fingerprint density at radius 2 is 1.60 bits per heavy atom. The number of nitrogens with two attached hydrogens (primary N) is 1. The van der Waals surface area contributed by atoms with Crippen LogP contribution in [0.25, 0.3) is 10.9 Å². The number of aromatic nitrogens is 1. The molecule has 3 aromatic rings. The Bertz CT molecular complexity index is 762. The fraction of sp³-hybridized carbons (Fsp3) is 0.167. The Hall–Kier alpha value is -2.19. The molecule has 0 fully saturated rings. The monoisotopic (exact) mass is 262 g/mol. The largest absolute Gasteiger partial charge is 0.320 e. The summed E-state index contributed by atoms with van der Waals surface area (Å²) in [7, 11) is 0. The van der Waals surface area contributed by atoms with Crippen LogP contribution in [0.15, 0.2) is 54.6 Å². The molecule has 20 heavy (non-hydrogen) atoms. The van der Waals surface area contributed by atoms with Gasteiger partial charge in [-0.2, -0.15) is 0 Å². The van der Waals surface area contributed by atoms with Crippen molar-refractivity contribution in [2.75, 3.05) is 0 Å². The van der Waals surface area contributed by atoms with E-state index in [1.54, 1.807) is 0 Å². The molecule has 2 N–H and O–H groups in total. The number of fused-ring (bicyclic) bond motifs is 1. The zero-order valence-electron chi connectivity index (χ0n) is 11.8. The number of nitrogens with zero attached hydrogens (tertiary/aromatic N) is 1. The first kappa shape index (κ1) is 12.8. The highest BCUT2D eigenvalue weighted by Crippen LogP contribution is 2.28. The Labute approximate surface area is 119 Å². The molecule has 0 aliphatic rings. The van der Waals surface area contributed by atoms with Crippen LogP contribution in [0, 0.1) is 13.8 Å². The highest BCUT2D eigenvalue weighted by Gasteiger charge is 2.14. The van der Waals surface area contributed by atoms with Crippen LogP contribution in [0.4, 0.5) is 0 Å². The molecule has 2 aromatic carbocycles. The Morgan fingerprint density at radius 1 is 0.900 bits per heavy atom. The average molecular weight is 262 g/mol. The van der Waals surface area contributed by atoms with Gasteiger partial charge in [-0.1, -0.05) is 42.5 Å². The summed E-state index contributed by atoms with van der Waals surface area (Å²) < 4.78 is 0. The topological polar surface area (TPSA) is 38.9 Å². The molecule has 2 heteroatoms. The highest BCUT2D eigenvalue weighted by molar-refractivity contribution is 5.83. The number of hydrogen-bond donors (Lipinski definition) is 1. The Kier molecular flexibility index (Phi) is 3.25. The van der Waals surface area contributed by atoms with E-state index in [9.17, 15) is 0 Å². The Morgan fingerprint density at radius 3 is 2.40 bits per heavy atom. The Balaban J connectivity index is 2.21. The first-order valence-electron chi connectivity index (χ1n) is 6.84. The summed E-state index contributed by atoms with van der Waals surface area (Å²) >= 11 is 0. The van der Waals surface area contributed by atoms with Crippen LogP contribution >= 0.6 is 0 Å². The predicted octanol–water partition coefficient (Wildman–Crippen LogP) is 3.90. The molecule has 0 saturated carbocycles. The van der Waals surface area contributed by atoms with Gasteiger partial charge in [-0.05, 0) is 42.7 Å². The van der Waals surface area contributed by atoms with Crippen molar-refractivity contribution in [2.45, 2.75) is 19.9 Å². The van der Waals surface area contributed by atoms with Gasteiger partial charge in [-0.3, -0.25) is 4.98 Å². The van der Waals surface area contributed by atoms with E-state index in [1.807, 2.05) is 37.3 Å². The van der Waals surface area contributed by atoms with Gasteiger partial charge in [-0.15, -0.1) is 0 Å². The van der Waals surface area contributed by atoms with Gasteiger partial charge < -0.3 is 5.73 Å². The fourth-order valence-electron chi connectivity index (χ4n) is 2.70. The molecule has 0 radical (unpaired) electrons. The van der Waals surface area contributed by atoms with Crippen LogP contribution in [0.2, 0.25) is 0 Å². The first-order chi connectivity index (χ1) is 9.66. The normalized spacial score (nSPS) is 12.6. The summed E-state index contributed by atoms with van der Waals surface area (Å²) in [6, 6.07) is 18.4. The maximum Gasteiger partial charge on any atom is 0.0708 e. The number of pyridine rings is 1. The average Bonchev–Trinajstić information content (AvgIpc) is 2.46. The summed E-state index contributed by atoms with van der Waals surface area (Å²) in [5.74, 6) is 0. The van der Waals surface area contributed by atoms with E-state index in [2.05, 4.69) is 36.2 Å². The van der Waals surface area contributed by atoms with Gasteiger partial charge in [0.1, 0.15) is 0 Å². The standard InChI is InChI=1S/C18H18N2/c1-12-7-3-4-8-14(12)18(19)16-11-13(2)20-17-10-6-5-9-15(16)17/h3-11,18H,19H2,1-2H3. The number of hydrogen-bond acceptors (Lipinski definition) is 2. The third-order valence-electron chi connectivity index (χ3n) is 3.73. The third-order valence-corrected chi connectivity index (χ3v) is 3.73. The highest BCUT2D eigenvalue weighted by atomic mass is 14.7. The summed E-state index contributed by atoms with van der Waals surface area (Å²) in [5.41, 5.74) is 12.1. The van der Waals surface area contributed by atoms with Crippen LogP contribution in [-0.4, -0.2) is 4.98 Å². The van der Waals surface area contributed by atoms with Gasteiger partial charge in [-0.25, -0.2) is 0 Å². The molecular formula is C18H18N2. The molecule has 3 rings (SSSR count). The van der Waals surface area contributed by atoms with Crippen LogP contribution in [0.5, 0.6) is 0 Å². The van der Waals surface area contributed by atoms with Crippen LogP contribution < -0.4 is 5.73 Å².